The fourth-order valence-electron chi connectivity index (χ4n) is 1.61. The van der Waals surface area contributed by atoms with Crippen molar-refractivity contribution < 1.29 is 9.47 Å². The quantitative estimate of drug-likeness (QED) is 0.881. The van der Waals surface area contributed by atoms with Crippen LogP contribution >= 0.6 is 15.9 Å². The summed E-state index contributed by atoms with van der Waals surface area (Å²) < 4.78 is 11.7. The van der Waals surface area contributed by atoms with Crippen molar-refractivity contribution in [3.63, 3.8) is 0 Å². The van der Waals surface area contributed by atoms with Crippen molar-refractivity contribution in [2.75, 3.05) is 20.8 Å². The summed E-state index contributed by atoms with van der Waals surface area (Å²) in [4.78, 5) is 0. The number of likely N-dealkylation sites (N-methyl/N-ethyl adjacent to an activating group) is 1. The minimum atomic E-state index is 0.261. The maximum atomic E-state index is 5.57. The number of nitrogens with one attached hydrogen (secondary N) is 1. The van der Waals surface area contributed by atoms with Crippen LogP contribution < -0.4 is 14.8 Å². The summed E-state index contributed by atoms with van der Waals surface area (Å²) >= 11 is 3.46. The molecule has 1 aliphatic rings. The molecular weight excluding hydrogens is 246 g/mol. The maximum Gasteiger partial charge on any atom is 0.138 e. The van der Waals surface area contributed by atoms with E-state index < -0.39 is 0 Å². The fraction of sp³-hybridized carbons (Fsp3) is 0.400. The van der Waals surface area contributed by atoms with Crippen molar-refractivity contribution in [3.8, 4) is 11.5 Å². The van der Waals surface area contributed by atoms with Gasteiger partial charge in [0.2, 0.25) is 0 Å². The highest BCUT2D eigenvalue weighted by Gasteiger charge is 2.25. The zero-order valence-electron chi connectivity index (χ0n) is 8.13. The lowest BCUT2D eigenvalue weighted by molar-refractivity contribution is 0.317. The first-order valence-electron chi connectivity index (χ1n) is 4.43. The Kier molecular flexibility index (Phi) is 2.65. The number of methoxy groups -OCH3 is 1. The second kappa shape index (κ2) is 3.79. The van der Waals surface area contributed by atoms with Gasteiger partial charge in [-0.25, -0.2) is 0 Å². The highest BCUT2D eigenvalue weighted by molar-refractivity contribution is 9.10. The zero-order chi connectivity index (χ0) is 10.1. The minimum Gasteiger partial charge on any atom is -0.497 e. The Morgan fingerprint density at radius 1 is 1.57 bits per heavy atom. The number of halogens is 1. The molecule has 0 aliphatic carbocycles. The molecule has 1 aromatic rings. The van der Waals surface area contributed by atoms with Gasteiger partial charge < -0.3 is 14.8 Å². The molecule has 1 aliphatic heterocycles. The molecule has 0 aromatic heterocycles. The van der Waals surface area contributed by atoms with E-state index in [0.29, 0.717) is 6.61 Å². The SMILES string of the molecule is CNC1COc2c(Br)cc(OC)cc21. The normalized spacial score (nSPS) is 18.9. The Morgan fingerprint density at radius 2 is 2.36 bits per heavy atom. The smallest absolute Gasteiger partial charge is 0.138 e. The number of hydrogen-bond acceptors (Lipinski definition) is 3. The van der Waals surface area contributed by atoms with Crippen LogP contribution in [0.25, 0.3) is 0 Å². The van der Waals surface area contributed by atoms with Crippen LogP contribution in [0.3, 0.4) is 0 Å². The summed E-state index contributed by atoms with van der Waals surface area (Å²) in [7, 11) is 3.59. The van der Waals surface area contributed by atoms with Gasteiger partial charge in [0.05, 0.1) is 17.6 Å². The monoisotopic (exact) mass is 257 g/mol. The molecule has 0 bridgehead atoms. The van der Waals surface area contributed by atoms with Gasteiger partial charge in [0, 0.05) is 5.56 Å². The molecular formula is C10H12BrNO2. The van der Waals surface area contributed by atoms with E-state index in [1.165, 1.54) is 0 Å². The molecule has 0 spiro atoms. The molecule has 0 saturated carbocycles. The van der Waals surface area contributed by atoms with Crippen molar-refractivity contribution in [3.05, 3.63) is 22.2 Å². The summed E-state index contributed by atoms with van der Waals surface area (Å²) in [6, 6.07) is 4.18. The lowest BCUT2D eigenvalue weighted by Crippen LogP contribution is -2.17. The first-order chi connectivity index (χ1) is 6.76. The molecule has 1 atom stereocenters. The zero-order valence-corrected chi connectivity index (χ0v) is 9.72. The van der Waals surface area contributed by atoms with E-state index in [2.05, 4.69) is 21.2 Å². The number of ether oxygens (including phenoxy) is 2. The lowest BCUT2D eigenvalue weighted by atomic mass is 10.1. The first kappa shape index (κ1) is 9.80. The third kappa shape index (κ3) is 1.48. The second-order valence-electron chi connectivity index (χ2n) is 3.18. The molecule has 2 rings (SSSR count). The van der Waals surface area contributed by atoms with Crippen LogP contribution in [0, 0.1) is 0 Å². The van der Waals surface area contributed by atoms with Gasteiger partial charge in [-0.15, -0.1) is 0 Å². The molecule has 4 heteroatoms. The Balaban J connectivity index is 2.47. The molecule has 0 saturated heterocycles. The average molecular weight is 258 g/mol. The van der Waals surface area contributed by atoms with E-state index in [-0.39, 0.29) is 6.04 Å². The van der Waals surface area contributed by atoms with E-state index in [1.807, 2.05) is 19.2 Å². The molecule has 0 fully saturated rings. The molecule has 0 amide bonds. The highest BCUT2D eigenvalue weighted by atomic mass is 79.9. The molecule has 14 heavy (non-hydrogen) atoms. The van der Waals surface area contributed by atoms with Gasteiger partial charge in [0.15, 0.2) is 0 Å². The second-order valence-corrected chi connectivity index (χ2v) is 4.03. The third-order valence-corrected chi connectivity index (χ3v) is 2.99. The van der Waals surface area contributed by atoms with Crippen molar-refractivity contribution in [1.82, 2.24) is 5.32 Å². The summed E-state index contributed by atoms with van der Waals surface area (Å²) in [6.07, 6.45) is 0. The van der Waals surface area contributed by atoms with Crippen LogP contribution in [0.2, 0.25) is 0 Å². The molecule has 1 N–H and O–H groups in total. The fourth-order valence-corrected chi connectivity index (χ4v) is 2.18. The Morgan fingerprint density at radius 3 is 3.00 bits per heavy atom. The van der Waals surface area contributed by atoms with Crippen LogP contribution in [0.1, 0.15) is 11.6 Å². The Labute approximate surface area is 91.5 Å². The number of hydrogen-bond donors (Lipinski definition) is 1. The summed E-state index contributed by atoms with van der Waals surface area (Å²) in [5.74, 6) is 1.77. The predicted octanol–water partition coefficient (Wildman–Crippen LogP) is 2.11. The molecule has 3 nitrogen and oxygen atoms in total. The number of fused-ring (bicyclic) bond motifs is 1. The van der Waals surface area contributed by atoms with Gasteiger partial charge in [-0.05, 0) is 35.1 Å². The van der Waals surface area contributed by atoms with E-state index in [4.69, 9.17) is 9.47 Å². The molecule has 1 heterocycles. The van der Waals surface area contributed by atoms with Gasteiger partial charge in [-0.1, -0.05) is 0 Å². The Bertz CT molecular complexity index is 354. The van der Waals surface area contributed by atoms with E-state index in [9.17, 15) is 0 Å². The van der Waals surface area contributed by atoms with Crippen molar-refractivity contribution >= 4 is 15.9 Å². The molecule has 0 radical (unpaired) electrons. The third-order valence-electron chi connectivity index (χ3n) is 2.40. The van der Waals surface area contributed by atoms with Crippen LogP contribution in [-0.4, -0.2) is 20.8 Å². The van der Waals surface area contributed by atoms with Crippen LogP contribution in [0.4, 0.5) is 0 Å². The highest BCUT2D eigenvalue weighted by Crippen LogP contribution is 2.41. The van der Waals surface area contributed by atoms with Gasteiger partial charge in [0.25, 0.3) is 0 Å². The largest absolute Gasteiger partial charge is 0.497 e. The van der Waals surface area contributed by atoms with Gasteiger partial charge in [0.1, 0.15) is 18.1 Å². The first-order valence-corrected chi connectivity index (χ1v) is 5.23. The molecule has 1 aromatic carbocycles. The van der Waals surface area contributed by atoms with Crippen LogP contribution in [0.5, 0.6) is 11.5 Å². The van der Waals surface area contributed by atoms with Crippen molar-refractivity contribution in [2.24, 2.45) is 0 Å². The van der Waals surface area contributed by atoms with E-state index in [1.54, 1.807) is 7.11 Å². The van der Waals surface area contributed by atoms with E-state index in [0.717, 1.165) is 21.5 Å². The maximum absolute atomic E-state index is 5.57. The number of benzene rings is 1. The Hall–Kier alpha value is -0.740. The van der Waals surface area contributed by atoms with Gasteiger partial charge in [-0.2, -0.15) is 0 Å². The summed E-state index contributed by atoms with van der Waals surface area (Å²) in [6.45, 7) is 0.678. The van der Waals surface area contributed by atoms with Gasteiger partial charge >= 0.3 is 0 Å². The van der Waals surface area contributed by atoms with Crippen LogP contribution in [0.15, 0.2) is 16.6 Å². The van der Waals surface area contributed by atoms with Crippen molar-refractivity contribution in [2.45, 2.75) is 6.04 Å². The topological polar surface area (TPSA) is 30.5 Å². The van der Waals surface area contributed by atoms with Gasteiger partial charge in [-0.3, -0.25) is 0 Å². The van der Waals surface area contributed by atoms with Crippen molar-refractivity contribution in [1.29, 1.82) is 0 Å². The molecule has 1 unspecified atom stereocenters. The predicted molar refractivity (Wildman–Crippen MR) is 58.0 cm³/mol. The van der Waals surface area contributed by atoms with E-state index >= 15 is 0 Å². The van der Waals surface area contributed by atoms with Crippen LogP contribution in [-0.2, 0) is 0 Å². The lowest BCUT2D eigenvalue weighted by Gasteiger charge is -2.08. The minimum absolute atomic E-state index is 0.261. The summed E-state index contributed by atoms with van der Waals surface area (Å²) in [5, 5.41) is 3.20. The average Bonchev–Trinajstić information content (AvgIpc) is 2.61. The summed E-state index contributed by atoms with van der Waals surface area (Å²) in [5.41, 5.74) is 1.15. The number of rotatable bonds is 2. The molecule has 76 valence electrons. The standard InChI is InChI=1S/C10H12BrNO2/c1-12-9-5-14-10-7(9)3-6(13-2)4-8(10)11/h3-4,9,12H,5H2,1-2H3.